The van der Waals surface area contributed by atoms with E-state index < -0.39 is 10.0 Å². The molecule has 1 rings (SSSR count). The molecule has 20 heavy (non-hydrogen) atoms. The molecule has 2 amide bonds. The monoisotopic (exact) mass is 305 g/mol. The van der Waals surface area contributed by atoms with E-state index in [0.717, 1.165) is 12.8 Å². The van der Waals surface area contributed by atoms with Gasteiger partial charge in [0.15, 0.2) is 0 Å². The zero-order valence-electron chi connectivity index (χ0n) is 12.3. The summed E-state index contributed by atoms with van der Waals surface area (Å²) in [4.78, 5) is 11.7. The van der Waals surface area contributed by atoms with Gasteiger partial charge in [0.2, 0.25) is 10.0 Å². The molecule has 0 bridgehead atoms. The Morgan fingerprint density at radius 1 is 1.05 bits per heavy atom. The van der Waals surface area contributed by atoms with Crippen molar-refractivity contribution in [2.45, 2.75) is 57.9 Å². The van der Waals surface area contributed by atoms with Crippen LogP contribution in [0.5, 0.6) is 0 Å². The largest absolute Gasteiger partial charge is 0.337 e. The zero-order chi connectivity index (χ0) is 14.8. The molecule has 0 aromatic rings. The smallest absolute Gasteiger partial charge is 0.315 e. The molecule has 0 heterocycles. The quantitative estimate of drug-likeness (QED) is 0.647. The molecule has 0 aromatic heterocycles. The van der Waals surface area contributed by atoms with Gasteiger partial charge in [0, 0.05) is 19.1 Å². The van der Waals surface area contributed by atoms with Crippen LogP contribution in [0.15, 0.2) is 0 Å². The first-order valence-corrected chi connectivity index (χ1v) is 9.20. The van der Waals surface area contributed by atoms with E-state index in [9.17, 15) is 13.2 Å². The Hall–Kier alpha value is -0.820. The van der Waals surface area contributed by atoms with Gasteiger partial charge in [-0.15, -0.1) is 0 Å². The summed E-state index contributed by atoms with van der Waals surface area (Å²) in [5.41, 5.74) is 0. The summed E-state index contributed by atoms with van der Waals surface area (Å²) in [6, 6.07) is 0.0499. The summed E-state index contributed by atoms with van der Waals surface area (Å²) in [5, 5.41) is 5.66. The van der Waals surface area contributed by atoms with Crippen LogP contribution in [0.3, 0.4) is 0 Å². The van der Waals surface area contributed by atoms with Crippen LogP contribution in [0.2, 0.25) is 0 Å². The van der Waals surface area contributed by atoms with E-state index >= 15 is 0 Å². The third-order valence-electron chi connectivity index (χ3n) is 3.55. The fourth-order valence-corrected chi connectivity index (χ4v) is 2.94. The number of rotatable bonds is 6. The van der Waals surface area contributed by atoms with Crippen molar-refractivity contribution >= 4 is 16.1 Å². The Bertz CT molecular complexity index is 376. The number of nitrogens with one attached hydrogen (secondary N) is 3. The van der Waals surface area contributed by atoms with Crippen molar-refractivity contribution in [2.24, 2.45) is 0 Å². The standard InChI is InChI=1S/C13H27N3O3S/c1-2-20(18,19)15-11-10-14-13(17)16-12-8-6-4-3-5-7-9-12/h12,15H,2-11H2,1H3,(H2,14,16,17). The lowest BCUT2D eigenvalue weighted by atomic mass is 9.97. The van der Waals surface area contributed by atoms with Gasteiger partial charge in [-0.1, -0.05) is 32.1 Å². The van der Waals surface area contributed by atoms with Crippen molar-refractivity contribution in [3.05, 3.63) is 0 Å². The highest BCUT2D eigenvalue weighted by molar-refractivity contribution is 7.89. The Labute approximate surface area is 122 Å². The first-order valence-electron chi connectivity index (χ1n) is 7.55. The summed E-state index contributed by atoms with van der Waals surface area (Å²) < 4.78 is 24.8. The van der Waals surface area contributed by atoms with Gasteiger partial charge in [-0.2, -0.15) is 0 Å². The normalized spacial score (nSPS) is 18.1. The third-order valence-corrected chi connectivity index (χ3v) is 4.96. The maximum atomic E-state index is 11.7. The van der Waals surface area contributed by atoms with Crippen LogP contribution < -0.4 is 15.4 Å². The first kappa shape index (κ1) is 17.2. The molecular weight excluding hydrogens is 278 g/mol. The second-order valence-corrected chi connectivity index (χ2v) is 7.34. The van der Waals surface area contributed by atoms with E-state index in [2.05, 4.69) is 15.4 Å². The maximum Gasteiger partial charge on any atom is 0.315 e. The molecule has 0 radical (unpaired) electrons. The highest BCUT2D eigenvalue weighted by Crippen LogP contribution is 2.16. The number of sulfonamides is 1. The highest BCUT2D eigenvalue weighted by atomic mass is 32.2. The molecule has 0 spiro atoms. The maximum absolute atomic E-state index is 11.7. The van der Waals surface area contributed by atoms with Crippen molar-refractivity contribution in [3.8, 4) is 0 Å². The second-order valence-electron chi connectivity index (χ2n) is 5.24. The summed E-state index contributed by atoms with van der Waals surface area (Å²) in [6.45, 7) is 2.11. The molecule has 6 nitrogen and oxygen atoms in total. The van der Waals surface area contributed by atoms with Crippen molar-refractivity contribution in [1.29, 1.82) is 0 Å². The van der Waals surface area contributed by atoms with E-state index in [0.29, 0.717) is 6.54 Å². The average molecular weight is 305 g/mol. The van der Waals surface area contributed by atoms with Gasteiger partial charge in [-0.3, -0.25) is 0 Å². The minimum Gasteiger partial charge on any atom is -0.337 e. The van der Waals surface area contributed by atoms with Crippen LogP contribution in [0, 0.1) is 0 Å². The number of hydrogen-bond donors (Lipinski definition) is 3. The summed E-state index contributed by atoms with van der Waals surface area (Å²) in [5.74, 6) is 0.0568. The van der Waals surface area contributed by atoms with E-state index in [1.54, 1.807) is 6.92 Å². The molecule has 0 atom stereocenters. The van der Waals surface area contributed by atoms with Crippen LogP contribution in [0.25, 0.3) is 0 Å². The zero-order valence-corrected chi connectivity index (χ0v) is 13.1. The number of urea groups is 1. The molecule has 118 valence electrons. The Balaban J connectivity index is 2.15. The summed E-state index contributed by atoms with van der Waals surface area (Å²) >= 11 is 0. The van der Waals surface area contributed by atoms with Gasteiger partial charge in [0.1, 0.15) is 0 Å². The van der Waals surface area contributed by atoms with Crippen LogP contribution in [0.4, 0.5) is 4.79 Å². The van der Waals surface area contributed by atoms with Crippen molar-refractivity contribution in [2.75, 3.05) is 18.8 Å². The van der Waals surface area contributed by atoms with Gasteiger partial charge in [-0.05, 0) is 19.8 Å². The molecule has 7 heteroatoms. The Morgan fingerprint density at radius 2 is 1.65 bits per heavy atom. The average Bonchev–Trinajstić information content (AvgIpc) is 2.38. The van der Waals surface area contributed by atoms with Crippen molar-refractivity contribution in [3.63, 3.8) is 0 Å². The third kappa shape index (κ3) is 7.69. The molecule has 0 unspecified atom stereocenters. The topological polar surface area (TPSA) is 87.3 Å². The van der Waals surface area contributed by atoms with Gasteiger partial charge < -0.3 is 10.6 Å². The van der Waals surface area contributed by atoms with Crippen molar-refractivity contribution in [1.82, 2.24) is 15.4 Å². The molecule has 1 aliphatic carbocycles. The van der Waals surface area contributed by atoms with E-state index in [4.69, 9.17) is 0 Å². The number of carbonyl (C=O) groups excluding carboxylic acids is 1. The molecule has 0 saturated heterocycles. The molecule has 0 aliphatic heterocycles. The predicted octanol–water partition coefficient (Wildman–Crippen LogP) is 1.34. The van der Waals surface area contributed by atoms with Gasteiger partial charge in [0.25, 0.3) is 0 Å². The van der Waals surface area contributed by atoms with E-state index in [1.807, 2.05) is 0 Å². The van der Waals surface area contributed by atoms with Gasteiger partial charge in [0.05, 0.1) is 5.75 Å². The van der Waals surface area contributed by atoms with Crippen LogP contribution >= 0.6 is 0 Å². The van der Waals surface area contributed by atoms with E-state index in [-0.39, 0.29) is 24.4 Å². The lowest BCUT2D eigenvalue weighted by Gasteiger charge is -2.21. The van der Waals surface area contributed by atoms with Gasteiger partial charge in [-0.25, -0.2) is 17.9 Å². The molecule has 1 saturated carbocycles. The Kier molecular flexibility index (Phi) is 7.91. The highest BCUT2D eigenvalue weighted by Gasteiger charge is 2.13. The predicted molar refractivity (Wildman–Crippen MR) is 80.1 cm³/mol. The number of hydrogen-bond acceptors (Lipinski definition) is 3. The van der Waals surface area contributed by atoms with Crippen LogP contribution in [-0.4, -0.2) is 39.3 Å². The first-order chi connectivity index (χ1) is 9.53. The SMILES string of the molecule is CCS(=O)(=O)NCCNC(=O)NC1CCCCCCC1. The van der Waals surface area contributed by atoms with E-state index in [1.165, 1.54) is 32.1 Å². The fraction of sp³-hybridized carbons (Fsp3) is 0.923. The number of amides is 2. The molecule has 1 fully saturated rings. The van der Waals surface area contributed by atoms with Gasteiger partial charge >= 0.3 is 6.03 Å². The van der Waals surface area contributed by atoms with Crippen LogP contribution in [-0.2, 0) is 10.0 Å². The second kappa shape index (κ2) is 9.18. The molecule has 3 N–H and O–H groups in total. The molecule has 0 aromatic carbocycles. The molecular formula is C13H27N3O3S. The lowest BCUT2D eigenvalue weighted by Crippen LogP contribution is -2.44. The minimum absolute atomic E-state index is 0.0568. The van der Waals surface area contributed by atoms with Crippen molar-refractivity contribution < 1.29 is 13.2 Å². The lowest BCUT2D eigenvalue weighted by molar-refractivity contribution is 0.234. The minimum atomic E-state index is -3.18. The summed E-state index contributed by atoms with van der Waals surface area (Å²) in [7, 11) is -3.18. The molecule has 1 aliphatic rings. The fourth-order valence-electron chi connectivity index (χ4n) is 2.32. The number of carbonyl (C=O) groups is 1. The Morgan fingerprint density at radius 3 is 2.25 bits per heavy atom. The summed E-state index contributed by atoms with van der Waals surface area (Å²) in [6.07, 6.45) is 8.21. The van der Waals surface area contributed by atoms with Crippen LogP contribution in [0.1, 0.15) is 51.9 Å².